The highest BCUT2D eigenvalue weighted by atomic mass is 79.9. The largest absolute Gasteiger partial charge is 0.497 e. The van der Waals surface area contributed by atoms with Crippen LogP contribution in [0.1, 0.15) is 127 Å². The molecule has 16 rings (SSSR count). The lowest BCUT2D eigenvalue weighted by Gasteiger charge is -2.32. The van der Waals surface area contributed by atoms with Gasteiger partial charge in [0.25, 0.3) is 0 Å². The summed E-state index contributed by atoms with van der Waals surface area (Å²) in [5.41, 5.74) is 17.0. The maximum Gasteiger partial charge on any atom is 0.433 e. The molecule has 0 radical (unpaired) electrons. The van der Waals surface area contributed by atoms with E-state index in [1.807, 2.05) is 191 Å². The Balaban J connectivity index is 0.000000145. The van der Waals surface area contributed by atoms with Crippen molar-refractivity contribution in [3.05, 3.63) is 357 Å². The monoisotopic (exact) mass is 1830 g/mol. The predicted molar refractivity (Wildman–Crippen MR) is 504 cm³/mol. The van der Waals surface area contributed by atoms with Gasteiger partial charge in [0.15, 0.2) is 28.9 Å². The fraction of sp³-hybridized carbons (Fsp3) is 0.252. The molecule has 127 heavy (non-hydrogen) atoms. The van der Waals surface area contributed by atoms with Gasteiger partial charge in [-0.1, -0.05) is 90.5 Å². The molecule has 0 unspecified atom stereocenters. The molecule has 2 aromatic carbocycles. The highest BCUT2D eigenvalue weighted by Gasteiger charge is 2.37. The number of ketones is 5. The van der Waals surface area contributed by atoms with E-state index in [4.69, 9.17) is 9.47 Å². The number of aromatic nitrogens is 8. The Bertz CT molecular complexity index is 5700. The van der Waals surface area contributed by atoms with Gasteiger partial charge in [-0.15, -0.1) is 0 Å². The fourth-order valence-corrected chi connectivity index (χ4v) is 15.1. The molecule has 650 valence electrons. The Morgan fingerprint density at radius 2 is 0.772 bits per heavy atom. The number of piperidine rings is 4. The standard InChI is InChI=1S/C24H25NO2.C22H22F3N3O.C20H19Br2N3O.C20H21N3O.C17H14N2O2/c1-17-5-3-6-18(11-17)12-20-15-25(22-9-10-22)16-21(24(20)26)13-19-7-4-8-23(14-19)27-2;1-14(2)28-12-18(8-16-5-4-15(3)26-10-16)21(29)19(13-28)9-17-6-7-20(27-11-17)22(23,24)25;1-13(2)25-11-16(9-14-5-3-7-23-19(14)21)18(26)17(12-25)10-15-6-4-8-24-20(15)22;1-15(2)23-13-17(10-16-6-5-8-21-12-16)20(24)18(14-23)11-19-7-3-4-9-22-19;20-17-14(8-13-4-3-6-18-10-13)11-21-12-15(17)9-16-5-1-2-7-19-16/h3-8,11-14,22H,9-10,15-16H2,1-2H3;4-11,14H,12-13H2,1-3H3;3-10,13H,11-12H2,1-2H3;3-12,15H,13-14H2,1-2H3;1-10H,11-12H2/b20-12+,21-13+;18-8+,19-9+;16-9+,17-10+;17-10+,18-11+;14-8+,15-9+. The van der Waals surface area contributed by atoms with Crippen molar-refractivity contribution in [1.82, 2.24) is 59.5 Å². The molecule has 6 fully saturated rings. The number of carbonyl (C=O) groups excluding carboxylic acids is 5. The molecule has 1 aliphatic carbocycles. The van der Waals surface area contributed by atoms with E-state index >= 15 is 0 Å². The van der Waals surface area contributed by atoms with E-state index < -0.39 is 11.9 Å². The Kier molecular flexibility index (Phi) is 33.5. The SMILES string of the molecule is CC(C)N1C/C(=C\c2cccnc2)C(=O)/C(=C/c2ccccn2)C1.CC(C)N1C/C(=C\c2cccnc2Br)C(=O)/C(=C/c2cccnc2Br)C1.COc1cccc(/C=C2\CN(C3CC3)C/C(=C\c3cccc(C)c3)C2=O)c1.Cc1ccc(/C=C2\CN(C(C)C)C/C(=C\c3ccc(C(F)(F)F)nc3)C2=O)cn1.O=C1/C(=C/c2cccnc2)COC/C1=C\c1ccccn1. The number of benzene rings is 2. The highest BCUT2D eigenvalue weighted by Crippen LogP contribution is 2.35. The summed E-state index contributed by atoms with van der Waals surface area (Å²) in [6.07, 6.45) is 33.5. The number of likely N-dealkylation sites (tertiary alicyclic amines) is 4. The van der Waals surface area contributed by atoms with Gasteiger partial charge in [-0.3, -0.25) is 73.5 Å². The minimum absolute atomic E-state index is 0.00996. The molecule has 13 heterocycles. The normalized spacial score (nSPS) is 19.5. The first-order chi connectivity index (χ1) is 61.2. The molecular weight excluding hydrogens is 1730 g/mol. The summed E-state index contributed by atoms with van der Waals surface area (Å²) in [4.78, 5) is 107. The van der Waals surface area contributed by atoms with Gasteiger partial charge in [-0.25, -0.2) is 9.97 Å². The number of ether oxygens (including phenoxy) is 2. The van der Waals surface area contributed by atoms with Crippen molar-refractivity contribution in [2.45, 2.75) is 98.6 Å². The van der Waals surface area contributed by atoms with Gasteiger partial charge in [0.2, 0.25) is 0 Å². The Morgan fingerprint density at radius 3 is 1.17 bits per heavy atom. The average molecular weight is 1840 g/mol. The van der Waals surface area contributed by atoms with Gasteiger partial charge < -0.3 is 9.47 Å². The van der Waals surface area contributed by atoms with Crippen molar-refractivity contribution in [2.24, 2.45) is 0 Å². The number of pyridine rings is 8. The van der Waals surface area contributed by atoms with Crippen LogP contribution in [0.3, 0.4) is 0 Å². The van der Waals surface area contributed by atoms with E-state index in [-0.39, 0.29) is 35.0 Å². The molecule has 5 aliphatic heterocycles. The number of aryl methyl sites for hydroxylation is 2. The Labute approximate surface area is 757 Å². The summed E-state index contributed by atoms with van der Waals surface area (Å²) in [5, 5.41) is 0. The van der Waals surface area contributed by atoms with Crippen LogP contribution in [0.15, 0.2) is 285 Å². The fourth-order valence-electron chi connectivity index (χ4n) is 14.4. The quantitative estimate of drug-likeness (QED) is 0.0688. The lowest BCUT2D eigenvalue weighted by Crippen LogP contribution is -2.41. The lowest BCUT2D eigenvalue weighted by atomic mass is 9.94. The van der Waals surface area contributed by atoms with Gasteiger partial charge >= 0.3 is 6.18 Å². The first kappa shape index (κ1) is 93.9. The smallest absolute Gasteiger partial charge is 0.433 e. The molecule has 10 aromatic rings. The zero-order valence-electron chi connectivity index (χ0n) is 72.5. The van der Waals surface area contributed by atoms with Crippen LogP contribution in [0.5, 0.6) is 5.75 Å². The van der Waals surface area contributed by atoms with Gasteiger partial charge in [-0.05, 0) is 267 Å². The van der Waals surface area contributed by atoms with E-state index in [9.17, 15) is 37.1 Å². The van der Waals surface area contributed by atoms with Crippen LogP contribution in [0.4, 0.5) is 13.2 Å². The van der Waals surface area contributed by atoms with Crippen LogP contribution in [-0.4, -0.2) is 185 Å². The van der Waals surface area contributed by atoms with E-state index in [1.54, 1.807) is 75.0 Å². The third kappa shape index (κ3) is 27.6. The van der Waals surface area contributed by atoms with E-state index in [2.05, 4.69) is 150 Å². The first-order valence-electron chi connectivity index (χ1n) is 42.0. The molecule has 0 atom stereocenters. The second-order valence-electron chi connectivity index (χ2n) is 32.2. The minimum atomic E-state index is -4.49. The van der Waals surface area contributed by atoms with E-state index in [1.165, 1.54) is 24.5 Å². The second-order valence-corrected chi connectivity index (χ2v) is 33.7. The Morgan fingerprint density at radius 1 is 0.386 bits per heavy atom. The van der Waals surface area contributed by atoms with Crippen LogP contribution in [0, 0.1) is 13.8 Å². The van der Waals surface area contributed by atoms with Crippen molar-refractivity contribution in [1.29, 1.82) is 0 Å². The molecule has 0 N–H and O–H groups in total. The van der Waals surface area contributed by atoms with Gasteiger partial charge in [0.05, 0.1) is 31.7 Å². The molecule has 19 nitrogen and oxygen atoms in total. The van der Waals surface area contributed by atoms with Crippen LogP contribution < -0.4 is 4.74 Å². The third-order valence-electron chi connectivity index (χ3n) is 21.5. The van der Waals surface area contributed by atoms with Gasteiger partial charge in [0.1, 0.15) is 20.6 Å². The lowest BCUT2D eigenvalue weighted by molar-refractivity contribution is -0.141. The summed E-state index contributed by atoms with van der Waals surface area (Å²) in [6.45, 7) is 22.3. The summed E-state index contributed by atoms with van der Waals surface area (Å²) in [7, 11) is 1.66. The number of hydrogen-bond donors (Lipinski definition) is 0. The zero-order chi connectivity index (χ0) is 90.1. The maximum atomic E-state index is 13.2. The van der Waals surface area contributed by atoms with Crippen molar-refractivity contribution >= 4 is 122 Å². The van der Waals surface area contributed by atoms with Crippen molar-refractivity contribution in [3.8, 4) is 5.75 Å². The number of alkyl halides is 3. The molecule has 1 saturated carbocycles. The average Bonchev–Trinajstić information content (AvgIpc) is 1.71. The first-order valence-corrected chi connectivity index (χ1v) is 43.6. The summed E-state index contributed by atoms with van der Waals surface area (Å²) in [6, 6.07) is 50.3. The molecule has 8 aromatic heterocycles. The van der Waals surface area contributed by atoms with E-state index in [0.717, 1.165) is 130 Å². The van der Waals surface area contributed by atoms with E-state index in [0.29, 0.717) is 98.5 Å². The number of methoxy groups -OCH3 is 1. The maximum absolute atomic E-state index is 13.2. The number of rotatable bonds is 15. The number of hydrogen-bond acceptors (Lipinski definition) is 19. The number of Topliss-reactive ketones (excluding diaryl/α,β-unsaturated/α-hetero) is 5. The van der Waals surface area contributed by atoms with Crippen LogP contribution in [0.25, 0.3) is 60.8 Å². The summed E-state index contributed by atoms with van der Waals surface area (Å²) in [5.74, 6) is 1.05. The number of nitrogens with zero attached hydrogens (tertiary/aromatic N) is 12. The molecule has 24 heteroatoms. The van der Waals surface area contributed by atoms with Gasteiger partial charge in [0, 0.05) is 211 Å². The summed E-state index contributed by atoms with van der Waals surface area (Å²) < 4.78 is 50.4. The third-order valence-corrected chi connectivity index (χ3v) is 22.8. The molecule has 6 aliphatic rings. The topological polar surface area (TPSA) is 220 Å². The number of carbonyl (C=O) groups is 5. The molecule has 0 amide bonds. The predicted octanol–water partition coefficient (Wildman–Crippen LogP) is 19.6. The van der Waals surface area contributed by atoms with Gasteiger partial charge in [-0.2, -0.15) is 13.2 Å². The molecular formula is C103H101Br2F3N12O7. The van der Waals surface area contributed by atoms with Crippen LogP contribution in [-0.2, 0) is 34.9 Å². The number of halogens is 5. The van der Waals surface area contributed by atoms with Crippen LogP contribution >= 0.6 is 31.9 Å². The summed E-state index contributed by atoms with van der Waals surface area (Å²) >= 11 is 6.91. The molecule has 0 spiro atoms. The highest BCUT2D eigenvalue weighted by molar-refractivity contribution is 9.10. The zero-order valence-corrected chi connectivity index (χ0v) is 75.6. The minimum Gasteiger partial charge on any atom is -0.497 e. The second kappa shape index (κ2) is 45.3. The van der Waals surface area contributed by atoms with Crippen LogP contribution in [0.2, 0.25) is 0 Å². The molecule has 0 bridgehead atoms. The van der Waals surface area contributed by atoms with Crippen molar-refractivity contribution in [2.75, 3.05) is 72.7 Å². The Hall–Kier alpha value is -12.3. The van der Waals surface area contributed by atoms with Crippen molar-refractivity contribution in [3.63, 3.8) is 0 Å². The van der Waals surface area contributed by atoms with Crippen molar-refractivity contribution < 1.29 is 46.6 Å². The molecule has 5 saturated heterocycles.